The van der Waals surface area contributed by atoms with Crippen LogP contribution in [0.4, 0.5) is 0 Å². The molecule has 3 nitrogen and oxygen atoms in total. The smallest absolute Gasteiger partial charge is 0.335 e. The van der Waals surface area contributed by atoms with Gasteiger partial charge in [-0.25, -0.2) is 4.79 Å². The SMILES string of the molecule is CC(C)[C@H]1CC[C@@](C)(O)c2ccc(C(=O)O)cc21. The summed E-state index contributed by atoms with van der Waals surface area (Å²) in [5.41, 5.74) is 1.35. The second-order valence-corrected chi connectivity index (χ2v) is 5.77. The first kappa shape index (κ1) is 13.1. The second kappa shape index (κ2) is 4.39. The molecule has 3 heteroatoms. The molecular formula is C15H20O3. The molecule has 1 aromatic carbocycles. The molecule has 0 heterocycles. The highest BCUT2D eigenvalue weighted by molar-refractivity contribution is 5.88. The molecule has 0 amide bonds. The summed E-state index contributed by atoms with van der Waals surface area (Å²) in [6.45, 7) is 6.09. The lowest BCUT2D eigenvalue weighted by molar-refractivity contribution is 0.0317. The van der Waals surface area contributed by atoms with Gasteiger partial charge in [0.05, 0.1) is 11.2 Å². The van der Waals surface area contributed by atoms with Crippen molar-refractivity contribution in [3.8, 4) is 0 Å². The molecule has 2 N–H and O–H groups in total. The Morgan fingerprint density at radius 3 is 2.67 bits per heavy atom. The third-order valence-electron chi connectivity index (χ3n) is 4.03. The minimum atomic E-state index is -0.912. The highest BCUT2D eigenvalue weighted by Gasteiger charge is 2.35. The second-order valence-electron chi connectivity index (χ2n) is 5.77. The van der Waals surface area contributed by atoms with Crippen LogP contribution in [-0.2, 0) is 5.60 Å². The molecule has 0 bridgehead atoms. The van der Waals surface area contributed by atoms with E-state index < -0.39 is 11.6 Å². The van der Waals surface area contributed by atoms with Crippen LogP contribution in [0.5, 0.6) is 0 Å². The predicted molar refractivity (Wildman–Crippen MR) is 69.8 cm³/mol. The van der Waals surface area contributed by atoms with Gasteiger partial charge in [0.15, 0.2) is 0 Å². The Morgan fingerprint density at radius 1 is 1.44 bits per heavy atom. The maximum absolute atomic E-state index is 11.1. The topological polar surface area (TPSA) is 57.5 Å². The van der Waals surface area contributed by atoms with E-state index >= 15 is 0 Å². The van der Waals surface area contributed by atoms with Crippen LogP contribution in [0.1, 0.15) is 61.0 Å². The van der Waals surface area contributed by atoms with Crippen molar-refractivity contribution in [3.63, 3.8) is 0 Å². The Balaban J connectivity index is 2.57. The molecule has 0 saturated carbocycles. The summed E-state index contributed by atoms with van der Waals surface area (Å²) >= 11 is 0. The maximum atomic E-state index is 11.1. The van der Waals surface area contributed by atoms with E-state index in [1.54, 1.807) is 18.2 Å². The third kappa shape index (κ3) is 2.15. The fourth-order valence-corrected chi connectivity index (χ4v) is 2.91. The monoisotopic (exact) mass is 248 g/mol. The molecule has 1 aliphatic rings. The van der Waals surface area contributed by atoms with Gasteiger partial charge < -0.3 is 10.2 Å². The van der Waals surface area contributed by atoms with Gasteiger partial charge in [-0.05, 0) is 54.9 Å². The number of aliphatic hydroxyl groups is 1. The van der Waals surface area contributed by atoms with Gasteiger partial charge in [-0.3, -0.25) is 0 Å². The molecule has 1 aromatic rings. The molecule has 2 rings (SSSR count). The molecule has 0 saturated heterocycles. The van der Waals surface area contributed by atoms with Gasteiger partial charge in [0.25, 0.3) is 0 Å². The zero-order chi connectivity index (χ0) is 13.5. The fourth-order valence-electron chi connectivity index (χ4n) is 2.91. The highest BCUT2D eigenvalue weighted by Crippen LogP contribution is 2.44. The van der Waals surface area contributed by atoms with Gasteiger partial charge in [0.1, 0.15) is 0 Å². The molecular weight excluding hydrogens is 228 g/mol. The number of carboxylic acids is 1. The number of fused-ring (bicyclic) bond motifs is 1. The van der Waals surface area contributed by atoms with Crippen LogP contribution in [0.3, 0.4) is 0 Å². The summed E-state index contributed by atoms with van der Waals surface area (Å²) in [6.07, 6.45) is 1.63. The van der Waals surface area contributed by atoms with Crippen molar-refractivity contribution in [2.45, 2.75) is 45.1 Å². The van der Waals surface area contributed by atoms with Crippen LogP contribution in [0.15, 0.2) is 18.2 Å². The molecule has 2 atom stereocenters. The first-order valence-electron chi connectivity index (χ1n) is 6.43. The van der Waals surface area contributed by atoms with Crippen molar-refractivity contribution < 1.29 is 15.0 Å². The van der Waals surface area contributed by atoms with Gasteiger partial charge in [0.2, 0.25) is 0 Å². The summed E-state index contributed by atoms with van der Waals surface area (Å²) in [6, 6.07) is 5.08. The van der Waals surface area contributed by atoms with Crippen molar-refractivity contribution in [1.29, 1.82) is 0 Å². The zero-order valence-corrected chi connectivity index (χ0v) is 11.1. The number of hydrogen-bond acceptors (Lipinski definition) is 2. The van der Waals surface area contributed by atoms with Crippen LogP contribution >= 0.6 is 0 Å². The number of hydrogen-bond donors (Lipinski definition) is 2. The Morgan fingerprint density at radius 2 is 2.11 bits per heavy atom. The van der Waals surface area contributed by atoms with Crippen molar-refractivity contribution >= 4 is 5.97 Å². The zero-order valence-electron chi connectivity index (χ0n) is 11.1. The number of carbonyl (C=O) groups is 1. The van der Waals surface area contributed by atoms with E-state index in [1.807, 2.05) is 6.92 Å². The lowest BCUT2D eigenvalue weighted by atomic mass is 9.70. The molecule has 0 aromatic heterocycles. The van der Waals surface area contributed by atoms with Crippen molar-refractivity contribution in [2.75, 3.05) is 0 Å². The number of aromatic carboxylic acids is 1. The molecule has 98 valence electrons. The van der Waals surface area contributed by atoms with Gasteiger partial charge in [0, 0.05) is 0 Å². The van der Waals surface area contributed by atoms with E-state index in [1.165, 1.54) is 0 Å². The Hall–Kier alpha value is -1.35. The minimum absolute atomic E-state index is 0.303. The van der Waals surface area contributed by atoms with Gasteiger partial charge in [-0.15, -0.1) is 0 Å². The summed E-state index contributed by atoms with van der Waals surface area (Å²) in [5, 5.41) is 19.5. The normalized spacial score (nSPS) is 27.1. The summed E-state index contributed by atoms with van der Waals surface area (Å²) < 4.78 is 0. The van der Waals surface area contributed by atoms with Crippen LogP contribution in [-0.4, -0.2) is 16.2 Å². The van der Waals surface area contributed by atoms with Gasteiger partial charge in [-0.1, -0.05) is 19.9 Å². The van der Waals surface area contributed by atoms with Gasteiger partial charge in [-0.2, -0.15) is 0 Å². The first-order valence-corrected chi connectivity index (χ1v) is 6.43. The quantitative estimate of drug-likeness (QED) is 0.845. The fraction of sp³-hybridized carbons (Fsp3) is 0.533. The number of carboxylic acid groups (broad SMARTS) is 1. The lowest BCUT2D eigenvalue weighted by Gasteiger charge is -2.37. The van der Waals surface area contributed by atoms with Crippen LogP contribution in [0.2, 0.25) is 0 Å². The van der Waals surface area contributed by atoms with E-state index in [-0.39, 0.29) is 0 Å². The van der Waals surface area contributed by atoms with E-state index in [9.17, 15) is 9.90 Å². The highest BCUT2D eigenvalue weighted by atomic mass is 16.4. The van der Waals surface area contributed by atoms with Gasteiger partial charge >= 0.3 is 5.97 Å². The van der Waals surface area contributed by atoms with E-state index in [0.29, 0.717) is 17.4 Å². The average molecular weight is 248 g/mol. The Bertz CT molecular complexity index is 475. The van der Waals surface area contributed by atoms with E-state index in [0.717, 1.165) is 24.0 Å². The van der Waals surface area contributed by atoms with Crippen molar-refractivity contribution in [1.82, 2.24) is 0 Å². The van der Waals surface area contributed by atoms with Crippen molar-refractivity contribution in [3.05, 3.63) is 34.9 Å². The summed E-state index contributed by atoms with van der Waals surface area (Å²) in [4.78, 5) is 11.1. The molecule has 1 aliphatic carbocycles. The third-order valence-corrected chi connectivity index (χ3v) is 4.03. The summed E-state index contributed by atoms with van der Waals surface area (Å²) in [5.74, 6) is -0.131. The summed E-state index contributed by atoms with van der Waals surface area (Å²) in [7, 11) is 0. The Labute approximate surface area is 107 Å². The largest absolute Gasteiger partial charge is 0.478 e. The average Bonchev–Trinajstić information content (AvgIpc) is 2.27. The number of rotatable bonds is 2. The molecule has 0 aliphatic heterocycles. The van der Waals surface area contributed by atoms with Crippen molar-refractivity contribution in [2.24, 2.45) is 5.92 Å². The van der Waals surface area contributed by atoms with E-state index in [2.05, 4.69) is 13.8 Å². The molecule has 18 heavy (non-hydrogen) atoms. The molecule has 0 unspecified atom stereocenters. The predicted octanol–water partition coefficient (Wildman–Crippen LogP) is 3.13. The first-order chi connectivity index (χ1) is 8.33. The maximum Gasteiger partial charge on any atom is 0.335 e. The van der Waals surface area contributed by atoms with Crippen LogP contribution < -0.4 is 0 Å². The molecule has 0 spiro atoms. The molecule has 0 radical (unpaired) electrons. The minimum Gasteiger partial charge on any atom is -0.478 e. The van der Waals surface area contributed by atoms with E-state index in [4.69, 9.17) is 5.11 Å². The lowest BCUT2D eigenvalue weighted by Crippen LogP contribution is -2.30. The van der Waals surface area contributed by atoms with Crippen LogP contribution in [0, 0.1) is 5.92 Å². The van der Waals surface area contributed by atoms with Crippen LogP contribution in [0.25, 0.3) is 0 Å². The Kier molecular flexibility index (Phi) is 3.20. The standard InChI is InChI=1S/C15H20O3/c1-9(2)11-6-7-15(3,18)13-5-4-10(14(16)17)8-12(11)13/h4-5,8-9,11,18H,6-7H2,1-3H3,(H,16,17)/t11-,15-/m1/s1. The molecule has 0 fully saturated rings. The number of benzene rings is 1.